The van der Waals surface area contributed by atoms with E-state index in [1.807, 2.05) is 6.92 Å². The molecule has 0 radical (unpaired) electrons. The molecule has 2 heterocycles. The number of nitrogens with zero attached hydrogens (tertiary/aromatic N) is 3. The molecule has 2 aromatic rings. The molecule has 0 bridgehead atoms. The minimum Gasteiger partial charge on any atom is -0.289 e. The van der Waals surface area contributed by atoms with Crippen LogP contribution in [0, 0.1) is 6.92 Å². The van der Waals surface area contributed by atoms with E-state index in [-0.39, 0.29) is 0 Å². The summed E-state index contributed by atoms with van der Waals surface area (Å²) in [6, 6.07) is 11.0. The quantitative estimate of drug-likeness (QED) is 0.899. The van der Waals surface area contributed by atoms with Gasteiger partial charge in [0.2, 0.25) is 0 Å². The normalized spacial score (nSPS) is 20.4. The molecule has 0 amide bonds. The zero-order valence-electron chi connectivity index (χ0n) is 10.6. The van der Waals surface area contributed by atoms with Gasteiger partial charge in [-0.25, -0.2) is 4.98 Å². The molecule has 3 rings (SSSR count). The van der Waals surface area contributed by atoms with Crippen molar-refractivity contribution in [3.63, 3.8) is 0 Å². The zero-order valence-corrected chi connectivity index (χ0v) is 10.6. The van der Waals surface area contributed by atoms with E-state index in [9.17, 15) is 0 Å². The monoisotopic (exact) mass is 242 g/mol. The molecule has 94 valence electrons. The Hall–Kier alpha value is -1.68. The Morgan fingerprint density at radius 2 is 2.17 bits per heavy atom. The van der Waals surface area contributed by atoms with Crippen LogP contribution >= 0.6 is 0 Å². The standard InChI is InChI=1S/C14H18N4/c1-11-15-14(17-16-11)13-8-5-9-18(13)10-12-6-3-2-4-7-12/h2-4,6-7,13H,5,8-10H2,1H3,(H,15,16,17). The third kappa shape index (κ3) is 2.29. The fourth-order valence-electron chi connectivity index (χ4n) is 2.63. The Labute approximate surface area is 107 Å². The minimum absolute atomic E-state index is 0.371. The zero-order chi connectivity index (χ0) is 12.4. The number of likely N-dealkylation sites (tertiary alicyclic amines) is 1. The van der Waals surface area contributed by atoms with Crippen molar-refractivity contribution in [2.45, 2.75) is 32.4 Å². The Balaban J connectivity index is 1.75. The molecule has 0 saturated carbocycles. The van der Waals surface area contributed by atoms with E-state index < -0.39 is 0 Å². The number of nitrogens with one attached hydrogen (secondary N) is 1. The molecule has 1 aromatic carbocycles. The maximum absolute atomic E-state index is 4.48. The number of H-pyrrole nitrogens is 1. The van der Waals surface area contributed by atoms with E-state index in [0.717, 1.165) is 31.2 Å². The van der Waals surface area contributed by atoms with Crippen LogP contribution < -0.4 is 0 Å². The highest BCUT2D eigenvalue weighted by Crippen LogP contribution is 2.30. The van der Waals surface area contributed by atoms with E-state index >= 15 is 0 Å². The van der Waals surface area contributed by atoms with E-state index in [4.69, 9.17) is 0 Å². The third-order valence-electron chi connectivity index (χ3n) is 3.50. The fourth-order valence-corrected chi connectivity index (χ4v) is 2.63. The summed E-state index contributed by atoms with van der Waals surface area (Å²) in [5, 5.41) is 7.25. The molecular formula is C14H18N4. The highest BCUT2D eigenvalue weighted by atomic mass is 15.3. The molecule has 1 fully saturated rings. The largest absolute Gasteiger partial charge is 0.289 e. The Bertz CT molecular complexity index is 506. The number of rotatable bonds is 3. The smallest absolute Gasteiger partial charge is 0.167 e. The molecule has 4 nitrogen and oxygen atoms in total. The number of benzene rings is 1. The summed E-state index contributed by atoms with van der Waals surface area (Å²) in [6.45, 7) is 4.07. The van der Waals surface area contributed by atoms with Crippen molar-refractivity contribution in [3.05, 3.63) is 47.5 Å². The highest BCUT2D eigenvalue weighted by molar-refractivity contribution is 5.15. The molecule has 1 N–H and O–H groups in total. The average molecular weight is 242 g/mol. The molecule has 4 heteroatoms. The van der Waals surface area contributed by atoms with Gasteiger partial charge in [-0.05, 0) is 31.9 Å². The van der Waals surface area contributed by atoms with Gasteiger partial charge in [-0.3, -0.25) is 10.00 Å². The molecule has 1 saturated heterocycles. The Kier molecular flexibility index (Phi) is 3.11. The summed E-state index contributed by atoms with van der Waals surface area (Å²) in [6.07, 6.45) is 2.38. The molecule has 18 heavy (non-hydrogen) atoms. The first-order valence-corrected chi connectivity index (χ1v) is 6.50. The fraction of sp³-hybridized carbons (Fsp3) is 0.429. The van der Waals surface area contributed by atoms with Crippen LogP contribution in [0.5, 0.6) is 0 Å². The van der Waals surface area contributed by atoms with Gasteiger partial charge in [-0.2, -0.15) is 5.10 Å². The van der Waals surface area contributed by atoms with Gasteiger partial charge in [-0.15, -0.1) is 0 Å². The molecule has 0 spiro atoms. The first kappa shape index (κ1) is 11.4. The van der Waals surface area contributed by atoms with Crippen LogP contribution in [0.2, 0.25) is 0 Å². The van der Waals surface area contributed by atoms with E-state index in [2.05, 4.69) is 50.4 Å². The lowest BCUT2D eigenvalue weighted by Gasteiger charge is -2.22. The van der Waals surface area contributed by atoms with Crippen molar-refractivity contribution < 1.29 is 0 Å². The Morgan fingerprint density at radius 1 is 1.33 bits per heavy atom. The first-order chi connectivity index (χ1) is 8.83. The average Bonchev–Trinajstić information content (AvgIpc) is 2.99. The van der Waals surface area contributed by atoms with Gasteiger partial charge in [0.1, 0.15) is 5.82 Å². The van der Waals surface area contributed by atoms with Gasteiger partial charge < -0.3 is 0 Å². The summed E-state index contributed by atoms with van der Waals surface area (Å²) < 4.78 is 0. The number of aromatic amines is 1. The van der Waals surface area contributed by atoms with Crippen LogP contribution in [-0.2, 0) is 6.54 Å². The summed E-state index contributed by atoms with van der Waals surface area (Å²) in [4.78, 5) is 6.95. The lowest BCUT2D eigenvalue weighted by Crippen LogP contribution is -2.23. The van der Waals surface area contributed by atoms with Crippen molar-refractivity contribution in [1.29, 1.82) is 0 Å². The second kappa shape index (κ2) is 4.90. The molecule has 1 aromatic heterocycles. The lowest BCUT2D eigenvalue weighted by molar-refractivity contribution is 0.240. The van der Waals surface area contributed by atoms with Gasteiger partial charge in [0, 0.05) is 6.54 Å². The molecule has 0 aliphatic carbocycles. The number of aryl methyl sites for hydroxylation is 1. The summed E-state index contributed by atoms with van der Waals surface area (Å²) in [5.41, 5.74) is 1.36. The van der Waals surface area contributed by atoms with Crippen molar-refractivity contribution in [2.75, 3.05) is 6.54 Å². The van der Waals surface area contributed by atoms with Crippen LogP contribution in [-0.4, -0.2) is 26.6 Å². The third-order valence-corrected chi connectivity index (χ3v) is 3.50. The first-order valence-electron chi connectivity index (χ1n) is 6.50. The Morgan fingerprint density at radius 3 is 2.89 bits per heavy atom. The topological polar surface area (TPSA) is 44.8 Å². The second-order valence-electron chi connectivity index (χ2n) is 4.89. The maximum Gasteiger partial charge on any atom is 0.167 e. The van der Waals surface area contributed by atoms with E-state index in [1.54, 1.807) is 0 Å². The number of hydrogen-bond acceptors (Lipinski definition) is 3. The molecule has 1 aliphatic heterocycles. The minimum atomic E-state index is 0.371. The predicted molar refractivity (Wildman–Crippen MR) is 69.9 cm³/mol. The van der Waals surface area contributed by atoms with Crippen LogP contribution in [0.1, 0.15) is 36.1 Å². The van der Waals surface area contributed by atoms with E-state index in [0.29, 0.717) is 6.04 Å². The molecule has 1 atom stereocenters. The van der Waals surface area contributed by atoms with Gasteiger partial charge in [0.05, 0.1) is 6.04 Å². The van der Waals surface area contributed by atoms with Crippen molar-refractivity contribution in [2.24, 2.45) is 0 Å². The second-order valence-corrected chi connectivity index (χ2v) is 4.89. The number of aromatic nitrogens is 3. The van der Waals surface area contributed by atoms with Crippen LogP contribution in [0.25, 0.3) is 0 Å². The molecular weight excluding hydrogens is 224 g/mol. The molecule has 1 aliphatic rings. The maximum atomic E-state index is 4.48. The summed E-state index contributed by atoms with van der Waals surface area (Å²) in [5.74, 6) is 1.84. The highest BCUT2D eigenvalue weighted by Gasteiger charge is 2.28. The molecule has 1 unspecified atom stereocenters. The van der Waals surface area contributed by atoms with Crippen LogP contribution in [0.15, 0.2) is 30.3 Å². The van der Waals surface area contributed by atoms with Crippen LogP contribution in [0.3, 0.4) is 0 Å². The predicted octanol–water partition coefficient (Wildman–Crippen LogP) is 2.45. The van der Waals surface area contributed by atoms with E-state index in [1.165, 1.54) is 12.0 Å². The van der Waals surface area contributed by atoms with Crippen molar-refractivity contribution in [3.8, 4) is 0 Å². The van der Waals surface area contributed by atoms with Crippen LogP contribution in [0.4, 0.5) is 0 Å². The van der Waals surface area contributed by atoms with Crippen molar-refractivity contribution >= 4 is 0 Å². The van der Waals surface area contributed by atoms with Gasteiger partial charge >= 0.3 is 0 Å². The van der Waals surface area contributed by atoms with Gasteiger partial charge in [0.15, 0.2) is 5.82 Å². The van der Waals surface area contributed by atoms with Gasteiger partial charge in [-0.1, -0.05) is 30.3 Å². The van der Waals surface area contributed by atoms with Crippen molar-refractivity contribution in [1.82, 2.24) is 20.1 Å². The SMILES string of the molecule is Cc1nc(C2CCCN2Cc2ccccc2)n[nH]1. The summed E-state index contributed by atoms with van der Waals surface area (Å²) >= 11 is 0. The summed E-state index contributed by atoms with van der Waals surface area (Å²) in [7, 11) is 0. The lowest BCUT2D eigenvalue weighted by atomic mass is 10.2. The van der Waals surface area contributed by atoms with Gasteiger partial charge in [0.25, 0.3) is 0 Å². The number of hydrogen-bond donors (Lipinski definition) is 1.